The molecule has 8 heteroatoms. The number of carbonyl (C=O) groups excluding carboxylic acids is 1. The van der Waals surface area contributed by atoms with E-state index >= 15 is 0 Å². The van der Waals surface area contributed by atoms with E-state index in [1.54, 1.807) is 0 Å². The predicted molar refractivity (Wildman–Crippen MR) is 61.4 cm³/mol. The van der Waals surface area contributed by atoms with Gasteiger partial charge in [-0.3, -0.25) is 9.59 Å². The van der Waals surface area contributed by atoms with Crippen LogP contribution in [-0.4, -0.2) is 34.6 Å². The lowest BCUT2D eigenvalue weighted by Gasteiger charge is -2.17. The monoisotopic (exact) mass is 285 g/mol. The molecule has 0 radical (unpaired) electrons. The van der Waals surface area contributed by atoms with Crippen LogP contribution in [-0.2, 0) is 9.59 Å². The number of nitrogens with zero attached hydrogens (tertiary/aromatic N) is 1. The fraction of sp³-hybridized carbons (Fsp3) is 0.250. The van der Waals surface area contributed by atoms with Gasteiger partial charge in [-0.1, -0.05) is 0 Å². The van der Waals surface area contributed by atoms with Gasteiger partial charge in [0.25, 0.3) is 0 Å². The molecule has 0 spiro atoms. The number of benzene rings is 1. The molecule has 1 atom stereocenters. The summed E-state index contributed by atoms with van der Waals surface area (Å²) in [5.41, 5.74) is -1.22. The molecular weight excluding hydrogens is 276 g/mol. The molecule has 1 fully saturated rings. The van der Waals surface area contributed by atoms with E-state index in [0.29, 0.717) is 12.1 Å². The van der Waals surface area contributed by atoms with Crippen molar-refractivity contribution < 1.29 is 33.4 Å². The van der Waals surface area contributed by atoms with Crippen LogP contribution < -0.4 is 4.90 Å². The standard InChI is InChI=1S/C12H9F2NO5/c13-7-3-8(14)9(2-6(7)12(19)20)15-4-5(11(17)18)1-10(15)16/h2-3,5H,1,4H2,(H,17,18)(H,19,20). The lowest BCUT2D eigenvalue weighted by Crippen LogP contribution is -2.27. The normalized spacial score (nSPS) is 18.4. The molecule has 6 nitrogen and oxygen atoms in total. The van der Waals surface area contributed by atoms with Crippen LogP contribution in [0.2, 0.25) is 0 Å². The Morgan fingerprint density at radius 1 is 1.20 bits per heavy atom. The third-order valence-corrected chi connectivity index (χ3v) is 3.03. The Morgan fingerprint density at radius 2 is 1.85 bits per heavy atom. The Kier molecular flexibility index (Phi) is 3.39. The van der Waals surface area contributed by atoms with E-state index in [-0.39, 0.29) is 13.0 Å². The summed E-state index contributed by atoms with van der Waals surface area (Å²) in [6.07, 6.45) is -0.311. The van der Waals surface area contributed by atoms with E-state index in [9.17, 15) is 23.2 Å². The molecule has 1 saturated heterocycles. The number of carboxylic acid groups (broad SMARTS) is 2. The summed E-state index contributed by atoms with van der Waals surface area (Å²) in [6.45, 7) is -0.282. The average molecular weight is 285 g/mol. The smallest absolute Gasteiger partial charge is 0.338 e. The van der Waals surface area contributed by atoms with Gasteiger partial charge in [0, 0.05) is 19.0 Å². The first kappa shape index (κ1) is 13.9. The number of rotatable bonds is 3. The van der Waals surface area contributed by atoms with Crippen molar-refractivity contribution in [3.05, 3.63) is 29.3 Å². The second kappa shape index (κ2) is 4.87. The number of hydrogen-bond acceptors (Lipinski definition) is 3. The van der Waals surface area contributed by atoms with E-state index in [4.69, 9.17) is 10.2 Å². The van der Waals surface area contributed by atoms with E-state index in [1.165, 1.54) is 0 Å². The van der Waals surface area contributed by atoms with Crippen LogP contribution in [0.5, 0.6) is 0 Å². The lowest BCUT2D eigenvalue weighted by atomic mass is 10.1. The molecule has 1 aromatic rings. The number of aliphatic carboxylic acids is 1. The van der Waals surface area contributed by atoms with Crippen molar-refractivity contribution in [1.82, 2.24) is 0 Å². The zero-order valence-electron chi connectivity index (χ0n) is 9.97. The first-order valence-electron chi connectivity index (χ1n) is 5.56. The largest absolute Gasteiger partial charge is 0.481 e. The average Bonchev–Trinajstić information content (AvgIpc) is 2.71. The summed E-state index contributed by atoms with van der Waals surface area (Å²) < 4.78 is 26.9. The molecule has 20 heavy (non-hydrogen) atoms. The fourth-order valence-corrected chi connectivity index (χ4v) is 2.01. The highest BCUT2D eigenvalue weighted by atomic mass is 19.1. The Labute approximate surface area is 111 Å². The van der Waals surface area contributed by atoms with Crippen LogP contribution in [0.1, 0.15) is 16.8 Å². The minimum absolute atomic E-state index is 0.282. The van der Waals surface area contributed by atoms with Crippen LogP contribution in [0.25, 0.3) is 0 Å². The molecule has 0 bridgehead atoms. The van der Waals surface area contributed by atoms with Gasteiger partial charge in [0.05, 0.1) is 17.2 Å². The minimum atomic E-state index is -1.61. The first-order chi connectivity index (χ1) is 9.31. The van der Waals surface area contributed by atoms with E-state index in [1.807, 2.05) is 0 Å². The molecule has 0 aliphatic carbocycles. The Hall–Kier alpha value is -2.51. The quantitative estimate of drug-likeness (QED) is 0.867. The van der Waals surface area contributed by atoms with E-state index < -0.39 is 46.6 Å². The molecule has 1 aliphatic heterocycles. The van der Waals surface area contributed by atoms with Gasteiger partial charge in [-0.25, -0.2) is 13.6 Å². The van der Waals surface area contributed by atoms with Crippen LogP contribution >= 0.6 is 0 Å². The summed E-state index contributed by atoms with van der Waals surface area (Å²) in [5.74, 6) is -6.85. The second-order valence-corrected chi connectivity index (χ2v) is 4.33. The van der Waals surface area contributed by atoms with Crippen molar-refractivity contribution in [3.63, 3.8) is 0 Å². The van der Waals surface area contributed by atoms with Crippen molar-refractivity contribution in [1.29, 1.82) is 0 Å². The molecule has 2 rings (SSSR count). The van der Waals surface area contributed by atoms with Gasteiger partial charge in [0.2, 0.25) is 5.91 Å². The zero-order chi connectivity index (χ0) is 15.0. The maximum Gasteiger partial charge on any atom is 0.338 e. The number of carboxylic acids is 2. The van der Waals surface area contributed by atoms with Crippen molar-refractivity contribution in [2.24, 2.45) is 5.92 Å². The van der Waals surface area contributed by atoms with Crippen molar-refractivity contribution in [2.75, 3.05) is 11.4 Å². The van der Waals surface area contributed by atoms with E-state index in [0.717, 1.165) is 4.90 Å². The van der Waals surface area contributed by atoms with Gasteiger partial charge in [-0.15, -0.1) is 0 Å². The van der Waals surface area contributed by atoms with Gasteiger partial charge < -0.3 is 15.1 Å². The summed E-state index contributed by atoms with van der Waals surface area (Å²) in [7, 11) is 0. The molecule has 1 unspecified atom stereocenters. The summed E-state index contributed by atoms with van der Waals surface area (Å²) in [6, 6.07) is 1.05. The molecule has 1 amide bonds. The highest BCUT2D eigenvalue weighted by molar-refractivity contribution is 6.00. The van der Waals surface area contributed by atoms with Crippen LogP contribution in [0.4, 0.5) is 14.5 Å². The van der Waals surface area contributed by atoms with Crippen LogP contribution in [0.15, 0.2) is 12.1 Å². The SMILES string of the molecule is O=C(O)c1cc(N2CC(C(=O)O)CC2=O)c(F)cc1F. The van der Waals surface area contributed by atoms with Crippen molar-refractivity contribution in [3.8, 4) is 0 Å². The number of aromatic carboxylic acids is 1. The van der Waals surface area contributed by atoms with Gasteiger partial charge >= 0.3 is 11.9 Å². The molecule has 1 aliphatic rings. The predicted octanol–water partition coefficient (Wildman–Crippen LogP) is 1.10. The maximum atomic E-state index is 13.7. The Bertz CT molecular complexity index is 616. The van der Waals surface area contributed by atoms with Gasteiger partial charge in [-0.2, -0.15) is 0 Å². The first-order valence-corrected chi connectivity index (χ1v) is 5.56. The molecule has 1 heterocycles. The minimum Gasteiger partial charge on any atom is -0.481 e. The summed E-state index contributed by atoms with van der Waals surface area (Å²) in [4.78, 5) is 34.1. The molecule has 1 aromatic carbocycles. The Balaban J connectivity index is 2.43. The van der Waals surface area contributed by atoms with Crippen LogP contribution in [0.3, 0.4) is 0 Å². The van der Waals surface area contributed by atoms with Crippen LogP contribution in [0, 0.1) is 17.6 Å². The number of carbonyl (C=O) groups is 3. The van der Waals surface area contributed by atoms with Gasteiger partial charge in [0.1, 0.15) is 11.6 Å². The highest BCUT2D eigenvalue weighted by Crippen LogP contribution is 2.29. The number of amides is 1. The van der Waals surface area contributed by atoms with Gasteiger partial charge in [-0.05, 0) is 6.07 Å². The summed E-state index contributed by atoms with van der Waals surface area (Å²) in [5, 5.41) is 17.6. The van der Waals surface area contributed by atoms with Crippen molar-refractivity contribution in [2.45, 2.75) is 6.42 Å². The third kappa shape index (κ3) is 2.31. The molecule has 0 saturated carbocycles. The molecular formula is C12H9F2NO5. The molecule has 106 valence electrons. The Morgan fingerprint density at radius 3 is 2.35 bits per heavy atom. The van der Waals surface area contributed by atoms with Gasteiger partial charge in [0.15, 0.2) is 0 Å². The maximum absolute atomic E-state index is 13.7. The molecule has 0 aromatic heterocycles. The zero-order valence-corrected chi connectivity index (χ0v) is 9.97. The molecule has 2 N–H and O–H groups in total. The number of anilines is 1. The third-order valence-electron chi connectivity index (χ3n) is 3.03. The second-order valence-electron chi connectivity index (χ2n) is 4.33. The highest BCUT2D eigenvalue weighted by Gasteiger charge is 2.36. The number of halogens is 2. The lowest BCUT2D eigenvalue weighted by molar-refractivity contribution is -0.141. The summed E-state index contributed by atoms with van der Waals surface area (Å²) >= 11 is 0. The van der Waals surface area contributed by atoms with E-state index in [2.05, 4.69) is 0 Å². The number of hydrogen-bond donors (Lipinski definition) is 2. The van der Waals surface area contributed by atoms with Crippen molar-refractivity contribution >= 4 is 23.5 Å². The topological polar surface area (TPSA) is 94.9 Å². The fourth-order valence-electron chi connectivity index (χ4n) is 2.01.